The number of aromatic nitrogens is 2. The van der Waals surface area contributed by atoms with Gasteiger partial charge in [-0.15, -0.1) is 0 Å². The van der Waals surface area contributed by atoms with Gasteiger partial charge in [0.1, 0.15) is 0 Å². The summed E-state index contributed by atoms with van der Waals surface area (Å²) in [6, 6.07) is 12.7. The molecule has 26 heavy (non-hydrogen) atoms. The number of pyridine rings is 2. The largest absolute Gasteiger partial charge is 0.329 e. The summed E-state index contributed by atoms with van der Waals surface area (Å²) in [6.45, 7) is 6.97. The minimum atomic E-state index is 0.686. The van der Waals surface area contributed by atoms with Crippen molar-refractivity contribution >= 4 is 21.8 Å². The first-order valence-electron chi connectivity index (χ1n) is 9.35. The van der Waals surface area contributed by atoms with Gasteiger partial charge in [0.25, 0.3) is 0 Å². The second-order valence-electron chi connectivity index (χ2n) is 6.80. The molecule has 0 spiro atoms. The van der Waals surface area contributed by atoms with Crippen molar-refractivity contribution in [1.82, 2.24) is 25.5 Å². The van der Waals surface area contributed by atoms with Crippen molar-refractivity contribution in [3.05, 3.63) is 47.8 Å². The van der Waals surface area contributed by atoms with Crippen LogP contribution in [0.3, 0.4) is 0 Å². The van der Waals surface area contributed by atoms with E-state index in [0.29, 0.717) is 6.54 Å². The lowest BCUT2D eigenvalue weighted by Crippen LogP contribution is -2.39. The number of benzene rings is 1. The highest BCUT2D eigenvalue weighted by Crippen LogP contribution is 2.23. The van der Waals surface area contributed by atoms with Crippen molar-refractivity contribution in [2.24, 2.45) is 5.73 Å². The highest BCUT2D eigenvalue weighted by Gasteiger charge is 2.08. The summed E-state index contributed by atoms with van der Waals surface area (Å²) < 4.78 is 0. The summed E-state index contributed by atoms with van der Waals surface area (Å²) in [6.07, 6.45) is 0. The second-order valence-corrected chi connectivity index (χ2v) is 6.80. The van der Waals surface area contributed by atoms with Gasteiger partial charge < -0.3 is 16.4 Å². The third-order valence-electron chi connectivity index (χ3n) is 4.90. The van der Waals surface area contributed by atoms with Crippen LogP contribution in [0.5, 0.6) is 0 Å². The Morgan fingerprint density at radius 2 is 1.31 bits per heavy atom. The Hall–Kier alpha value is -2.12. The zero-order chi connectivity index (χ0) is 17.8. The molecule has 0 saturated carbocycles. The summed E-state index contributed by atoms with van der Waals surface area (Å²) in [5, 5.41) is 9.29. The third-order valence-corrected chi connectivity index (χ3v) is 4.90. The molecule has 4 rings (SSSR count). The van der Waals surface area contributed by atoms with E-state index in [1.54, 1.807) is 0 Å². The van der Waals surface area contributed by atoms with Crippen LogP contribution in [-0.2, 0) is 13.1 Å². The minimum absolute atomic E-state index is 0.686. The van der Waals surface area contributed by atoms with E-state index in [1.165, 1.54) is 0 Å². The van der Waals surface area contributed by atoms with Crippen molar-refractivity contribution in [2.45, 2.75) is 13.1 Å². The Kier molecular flexibility index (Phi) is 5.36. The summed E-state index contributed by atoms with van der Waals surface area (Å²) in [5.41, 5.74) is 9.83. The highest BCUT2D eigenvalue weighted by atomic mass is 15.2. The van der Waals surface area contributed by atoms with Crippen LogP contribution in [-0.4, -0.2) is 54.1 Å². The zero-order valence-electron chi connectivity index (χ0n) is 15.0. The molecule has 1 aliphatic rings. The van der Waals surface area contributed by atoms with Gasteiger partial charge in [-0.3, -0.25) is 4.90 Å². The van der Waals surface area contributed by atoms with Gasteiger partial charge in [-0.2, -0.15) is 0 Å². The van der Waals surface area contributed by atoms with Crippen LogP contribution in [0, 0.1) is 0 Å². The van der Waals surface area contributed by atoms with Crippen molar-refractivity contribution < 1.29 is 0 Å². The molecule has 1 aliphatic heterocycles. The standard InChI is InChI=1S/C20H26N6/c21-7-10-26-11-8-22-13-17-5-3-15-1-2-16-4-6-18(14-23-9-12-26)25-20(16)19(15)24-17/h1-6,22-23H,7-14,21H2. The quantitative estimate of drug-likeness (QED) is 0.604. The van der Waals surface area contributed by atoms with Gasteiger partial charge in [0, 0.05) is 63.1 Å². The third kappa shape index (κ3) is 3.83. The molecule has 0 radical (unpaired) electrons. The Morgan fingerprint density at radius 1 is 0.808 bits per heavy atom. The maximum absolute atomic E-state index is 5.75. The van der Waals surface area contributed by atoms with E-state index in [2.05, 4.69) is 51.9 Å². The van der Waals surface area contributed by atoms with Crippen LogP contribution < -0.4 is 16.4 Å². The number of rotatable bonds is 2. The van der Waals surface area contributed by atoms with Gasteiger partial charge in [0.05, 0.1) is 22.4 Å². The van der Waals surface area contributed by atoms with Gasteiger partial charge in [-0.05, 0) is 12.1 Å². The topological polar surface area (TPSA) is 79.1 Å². The molecule has 3 heterocycles. The van der Waals surface area contributed by atoms with Crippen molar-refractivity contribution in [2.75, 3.05) is 39.3 Å². The average molecular weight is 350 g/mol. The second kappa shape index (κ2) is 8.05. The number of nitrogens with two attached hydrogens (primary N) is 1. The fraction of sp³-hybridized carbons (Fsp3) is 0.400. The average Bonchev–Trinajstić information content (AvgIpc) is 2.68. The summed E-state index contributed by atoms with van der Waals surface area (Å²) in [7, 11) is 0. The fourth-order valence-electron chi connectivity index (χ4n) is 3.47. The van der Waals surface area contributed by atoms with Gasteiger partial charge in [-0.25, -0.2) is 9.97 Å². The molecule has 0 aliphatic carbocycles. The fourth-order valence-corrected chi connectivity index (χ4v) is 3.47. The molecule has 4 N–H and O–H groups in total. The highest BCUT2D eigenvalue weighted by molar-refractivity contribution is 6.02. The van der Waals surface area contributed by atoms with Gasteiger partial charge in [0.2, 0.25) is 0 Å². The van der Waals surface area contributed by atoms with E-state index in [-0.39, 0.29) is 0 Å². The van der Waals surface area contributed by atoms with E-state index < -0.39 is 0 Å². The predicted octanol–water partition coefficient (Wildman–Crippen LogP) is 1.24. The normalized spacial score (nSPS) is 17.1. The molecule has 0 atom stereocenters. The molecule has 4 bridgehead atoms. The SMILES string of the molecule is NCCN1CCNCc2ccc3ccc4ccc(nc4c3n2)CNCC1. The van der Waals surface area contributed by atoms with Crippen molar-refractivity contribution in [1.29, 1.82) is 0 Å². The number of nitrogens with zero attached hydrogens (tertiary/aromatic N) is 3. The Labute approximate surface area is 153 Å². The monoisotopic (exact) mass is 350 g/mol. The van der Waals surface area contributed by atoms with Crippen molar-refractivity contribution in [3.63, 3.8) is 0 Å². The summed E-state index contributed by atoms with van der Waals surface area (Å²) >= 11 is 0. The molecular formula is C20H26N6. The molecule has 0 unspecified atom stereocenters. The van der Waals surface area contributed by atoms with E-state index in [4.69, 9.17) is 15.7 Å². The van der Waals surface area contributed by atoms with Crippen LogP contribution in [0.4, 0.5) is 0 Å². The lowest BCUT2D eigenvalue weighted by atomic mass is 10.1. The van der Waals surface area contributed by atoms with Gasteiger partial charge in [0.15, 0.2) is 0 Å². The first-order chi connectivity index (χ1) is 12.8. The van der Waals surface area contributed by atoms with E-state index in [9.17, 15) is 0 Å². The first-order valence-corrected chi connectivity index (χ1v) is 9.35. The zero-order valence-corrected chi connectivity index (χ0v) is 15.0. The van der Waals surface area contributed by atoms with Crippen molar-refractivity contribution in [3.8, 4) is 0 Å². The molecule has 0 saturated heterocycles. The maximum atomic E-state index is 5.75. The lowest BCUT2D eigenvalue weighted by Gasteiger charge is -2.21. The van der Waals surface area contributed by atoms with E-state index in [0.717, 1.165) is 79.0 Å². The van der Waals surface area contributed by atoms with Crippen LogP contribution >= 0.6 is 0 Å². The number of nitrogens with one attached hydrogen (secondary N) is 2. The predicted molar refractivity (Wildman–Crippen MR) is 106 cm³/mol. The molecule has 6 heteroatoms. The van der Waals surface area contributed by atoms with Gasteiger partial charge >= 0.3 is 0 Å². The smallest absolute Gasteiger partial charge is 0.0968 e. The lowest BCUT2D eigenvalue weighted by molar-refractivity contribution is 0.279. The molecule has 1 aromatic carbocycles. The Morgan fingerprint density at radius 3 is 1.81 bits per heavy atom. The molecule has 0 fully saturated rings. The minimum Gasteiger partial charge on any atom is -0.329 e. The number of hydrogen-bond acceptors (Lipinski definition) is 6. The molecule has 3 aromatic rings. The summed E-state index contributed by atoms with van der Waals surface area (Å²) in [5.74, 6) is 0. The number of fused-ring (bicyclic) bond motifs is 2. The first kappa shape index (κ1) is 17.3. The molecule has 6 nitrogen and oxygen atoms in total. The maximum Gasteiger partial charge on any atom is 0.0968 e. The van der Waals surface area contributed by atoms with Gasteiger partial charge in [-0.1, -0.05) is 24.3 Å². The molecule has 2 aromatic heterocycles. The Balaban J connectivity index is 1.69. The van der Waals surface area contributed by atoms with Crippen LogP contribution in [0.2, 0.25) is 0 Å². The molecular weight excluding hydrogens is 324 g/mol. The van der Waals surface area contributed by atoms with Crippen LogP contribution in [0.25, 0.3) is 21.8 Å². The van der Waals surface area contributed by atoms with E-state index in [1.807, 2.05) is 0 Å². The molecule has 0 amide bonds. The Bertz CT molecular complexity index is 823. The summed E-state index contributed by atoms with van der Waals surface area (Å²) in [4.78, 5) is 12.2. The number of hydrogen-bond donors (Lipinski definition) is 3. The van der Waals surface area contributed by atoms with Crippen LogP contribution in [0.1, 0.15) is 11.4 Å². The molecule has 136 valence electrons. The van der Waals surface area contributed by atoms with Crippen LogP contribution in [0.15, 0.2) is 36.4 Å². The van der Waals surface area contributed by atoms with E-state index >= 15 is 0 Å².